The number of alkyl halides is 3. The second kappa shape index (κ2) is 10.7. The van der Waals surface area contributed by atoms with Gasteiger partial charge in [-0.05, 0) is 25.5 Å². The van der Waals surface area contributed by atoms with Crippen molar-refractivity contribution >= 4 is 49.4 Å². The van der Waals surface area contributed by atoms with Crippen molar-refractivity contribution in [2.45, 2.75) is 25.4 Å². The maximum absolute atomic E-state index is 12.1. The van der Waals surface area contributed by atoms with E-state index in [1.807, 2.05) is 0 Å². The molecular weight excluding hydrogens is 425 g/mol. The molecule has 0 spiro atoms. The van der Waals surface area contributed by atoms with Crippen LogP contribution in [0.3, 0.4) is 0 Å². The smallest absolute Gasteiger partial charge is 0.370 e. The zero-order chi connectivity index (χ0) is 20.5. The van der Waals surface area contributed by atoms with Gasteiger partial charge in [-0.15, -0.1) is 11.3 Å². The van der Waals surface area contributed by atoms with Crippen LogP contribution in [0.1, 0.15) is 18.5 Å². The molecule has 0 bridgehead atoms. The summed E-state index contributed by atoms with van der Waals surface area (Å²) in [6, 6.07) is 0. The van der Waals surface area contributed by atoms with Crippen LogP contribution in [0.4, 0.5) is 18.3 Å². The molecule has 1 heterocycles. The van der Waals surface area contributed by atoms with E-state index < -0.39 is 22.7 Å². The monoisotopic (exact) mass is 446 g/mol. The average Bonchev–Trinajstić information content (AvgIpc) is 2.97. The normalized spacial score (nSPS) is 13.7. The number of aliphatic imine (C=N–C) groups is 2. The van der Waals surface area contributed by atoms with Crippen molar-refractivity contribution in [3.63, 3.8) is 0 Å². The lowest BCUT2D eigenvalue weighted by Gasteiger charge is -2.05. The van der Waals surface area contributed by atoms with E-state index in [2.05, 4.69) is 25.0 Å². The molecule has 0 amide bonds. The predicted molar refractivity (Wildman–Crippen MR) is 105 cm³/mol. The van der Waals surface area contributed by atoms with Crippen LogP contribution in [0, 0.1) is 0 Å². The first-order valence-electron chi connectivity index (χ1n) is 7.63. The Balaban J connectivity index is 2.39. The van der Waals surface area contributed by atoms with E-state index in [9.17, 15) is 21.6 Å². The molecule has 0 fully saturated rings. The van der Waals surface area contributed by atoms with Crippen LogP contribution in [0.2, 0.25) is 0 Å². The van der Waals surface area contributed by atoms with Gasteiger partial charge in [0.2, 0.25) is 10.0 Å². The Morgan fingerprint density at radius 1 is 1.37 bits per heavy atom. The lowest BCUT2D eigenvalue weighted by Crippen LogP contribution is -2.27. The molecule has 0 aromatic carbocycles. The van der Waals surface area contributed by atoms with E-state index in [-0.39, 0.29) is 5.96 Å². The lowest BCUT2D eigenvalue weighted by molar-refractivity contribution is -0.118. The number of aryl methyl sites for hydroxylation is 1. The Morgan fingerprint density at radius 3 is 2.67 bits per heavy atom. The number of thioether (sulfide) groups is 1. The van der Waals surface area contributed by atoms with Crippen LogP contribution in [0.15, 0.2) is 15.4 Å². The maximum Gasteiger partial charge on any atom is 0.408 e. The van der Waals surface area contributed by atoms with Crippen molar-refractivity contribution in [2.24, 2.45) is 15.7 Å². The van der Waals surface area contributed by atoms with Gasteiger partial charge in [-0.2, -0.15) is 13.2 Å². The third-order valence-electron chi connectivity index (χ3n) is 2.78. The molecule has 1 aromatic heterocycles. The van der Waals surface area contributed by atoms with Crippen molar-refractivity contribution in [3.8, 4) is 0 Å². The van der Waals surface area contributed by atoms with Gasteiger partial charge >= 0.3 is 6.18 Å². The van der Waals surface area contributed by atoms with E-state index in [0.29, 0.717) is 23.3 Å². The summed E-state index contributed by atoms with van der Waals surface area (Å²) in [5.41, 5.74) is 6.16. The minimum absolute atomic E-state index is 0.339. The van der Waals surface area contributed by atoms with Crippen LogP contribution < -0.4 is 15.8 Å². The number of guanidine groups is 1. The van der Waals surface area contributed by atoms with Crippen molar-refractivity contribution in [3.05, 3.63) is 11.1 Å². The molecule has 154 valence electrons. The van der Waals surface area contributed by atoms with Crippen molar-refractivity contribution in [1.82, 2.24) is 9.71 Å². The first-order valence-corrected chi connectivity index (χ1v) is 11.6. The molecule has 0 saturated heterocycles. The number of anilines is 1. The second-order valence-corrected chi connectivity index (χ2v) is 8.71. The number of rotatable bonds is 8. The van der Waals surface area contributed by atoms with Crippen LogP contribution in [0.25, 0.3) is 0 Å². The Hall–Kier alpha value is -1.54. The van der Waals surface area contributed by atoms with E-state index >= 15 is 0 Å². The van der Waals surface area contributed by atoms with Gasteiger partial charge in [0.05, 0.1) is 11.9 Å². The van der Waals surface area contributed by atoms with Crippen LogP contribution in [-0.2, 0) is 16.4 Å². The molecule has 4 N–H and O–H groups in total. The van der Waals surface area contributed by atoms with Gasteiger partial charge in [0.25, 0.3) is 0 Å². The molecule has 14 heteroatoms. The summed E-state index contributed by atoms with van der Waals surface area (Å²) in [6.45, 7) is -0.887. The fourth-order valence-corrected chi connectivity index (χ4v) is 3.84. The summed E-state index contributed by atoms with van der Waals surface area (Å²) >= 11 is 2.43. The summed E-state index contributed by atoms with van der Waals surface area (Å²) in [5, 5.41) is 5.01. The van der Waals surface area contributed by atoms with Crippen LogP contribution in [0.5, 0.6) is 0 Å². The number of aromatic nitrogens is 1. The van der Waals surface area contributed by atoms with Crippen LogP contribution in [-0.4, -0.2) is 56.3 Å². The van der Waals surface area contributed by atoms with Gasteiger partial charge in [-0.3, -0.25) is 9.71 Å². The van der Waals surface area contributed by atoms with Crippen LogP contribution >= 0.6 is 23.1 Å². The molecule has 0 aliphatic heterocycles. The fourth-order valence-electron chi connectivity index (χ4n) is 1.70. The molecule has 0 atom stereocenters. The van der Waals surface area contributed by atoms with Gasteiger partial charge in [0.1, 0.15) is 6.54 Å². The van der Waals surface area contributed by atoms with Gasteiger partial charge < -0.3 is 11.1 Å². The summed E-state index contributed by atoms with van der Waals surface area (Å²) in [6.07, 6.45) is 0.533. The SMILES string of the molecule is CSC(=NCCCCc1csc(NC(N)=NCC(F)(F)F)n1)NS(C)(=O)=O. The van der Waals surface area contributed by atoms with Crippen molar-refractivity contribution in [1.29, 1.82) is 0 Å². The van der Waals surface area contributed by atoms with Gasteiger partial charge in [-0.1, -0.05) is 11.8 Å². The molecule has 27 heavy (non-hydrogen) atoms. The van der Waals surface area contributed by atoms with Crippen molar-refractivity contribution in [2.75, 3.05) is 30.9 Å². The third-order valence-corrected chi connectivity index (χ3v) is 4.90. The minimum atomic E-state index is -4.41. The Labute approximate surface area is 164 Å². The van der Waals surface area contributed by atoms with Crippen molar-refractivity contribution < 1.29 is 21.6 Å². The number of nitrogens with one attached hydrogen (secondary N) is 2. The number of amidine groups is 1. The molecule has 1 aromatic rings. The first kappa shape index (κ1) is 23.5. The van der Waals surface area contributed by atoms with E-state index in [4.69, 9.17) is 5.73 Å². The topological polar surface area (TPSA) is 122 Å². The Bertz CT molecular complexity index is 762. The number of nitrogens with two attached hydrogens (primary N) is 1. The molecule has 0 radical (unpaired) electrons. The zero-order valence-electron chi connectivity index (χ0n) is 14.7. The molecule has 0 saturated carbocycles. The third kappa shape index (κ3) is 11.7. The quantitative estimate of drug-likeness (QED) is 0.319. The molecule has 0 aliphatic rings. The number of halogens is 3. The molecule has 0 unspecified atom stereocenters. The highest BCUT2D eigenvalue weighted by Crippen LogP contribution is 2.18. The van der Waals surface area contributed by atoms with Gasteiger partial charge in [-0.25, -0.2) is 18.4 Å². The zero-order valence-corrected chi connectivity index (χ0v) is 17.2. The number of nitrogens with zero attached hydrogens (tertiary/aromatic N) is 3. The number of unbranched alkanes of at least 4 members (excludes halogenated alkanes) is 1. The fraction of sp³-hybridized carbons (Fsp3) is 0.615. The molecule has 0 aliphatic carbocycles. The molecular formula is C13H21F3N6O2S3. The summed E-state index contributed by atoms with van der Waals surface area (Å²) in [5.74, 6) is -0.342. The number of thiazole rings is 1. The van der Waals surface area contributed by atoms with Gasteiger partial charge in [0, 0.05) is 11.9 Å². The Morgan fingerprint density at radius 2 is 2.07 bits per heavy atom. The largest absolute Gasteiger partial charge is 0.408 e. The lowest BCUT2D eigenvalue weighted by atomic mass is 10.2. The van der Waals surface area contributed by atoms with E-state index in [1.165, 1.54) is 23.1 Å². The summed E-state index contributed by atoms with van der Waals surface area (Å²) in [4.78, 5) is 11.6. The van der Waals surface area contributed by atoms with E-state index in [0.717, 1.165) is 24.8 Å². The maximum atomic E-state index is 12.1. The number of hydrogen-bond acceptors (Lipinski definition) is 7. The summed E-state index contributed by atoms with van der Waals surface area (Å²) < 4.78 is 60.8. The number of sulfonamides is 1. The highest BCUT2D eigenvalue weighted by atomic mass is 32.2. The van der Waals surface area contributed by atoms with Gasteiger partial charge in [0.15, 0.2) is 16.3 Å². The highest BCUT2D eigenvalue weighted by molar-refractivity contribution is 8.14. The first-order chi connectivity index (χ1) is 12.5. The predicted octanol–water partition coefficient (Wildman–Crippen LogP) is 2.02. The number of hydrogen-bond donors (Lipinski definition) is 3. The molecule has 1 rings (SSSR count). The average molecular weight is 447 g/mol. The summed E-state index contributed by atoms with van der Waals surface area (Å²) in [7, 11) is -3.34. The standard InChI is InChI=1S/C13H21F3N6O2S3/c1-25-11(22-27(2,23)24)18-6-4-3-5-9-7-26-12(20-9)21-10(17)19-8-13(14,15)16/h7H,3-6,8H2,1-2H3,(H,18,22)(H3,17,19,20,21). The Kier molecular flexibility index (Phi) is 9.32. The molecule has 8 nitrogen and oxygen atoms in total. The second-order valence-electron chi connectivity index (χ2n) is 5.31. The minimum Gasteiger partial charge on any atom is -0.370 e. The van der Waals surface area contributed by atoms with E-state index in [1.54, 1.807) is 11.6 Å². The highest BCUT2D eigenvalue weighted by Gasteiger charge is 2.26.